The third-order valence-corrected chi connectivity index (χ3v) is 3.68. The molecule has 0 spiro atoms. The van der Waals surface area contributed by atoms with E-state index in [9.17, 15) is 9.59 Å². The molecule has 0 bridgehead atoms. The summed E-state index contributed by atoms with van der Waals surface area (Å²) in [6.07, 6.45) is 3.46. The molecule has 1 fully saturated rings. The minimum absolute atomic E-state index is 0.213. The minimum Gasteiger partial charge on any atom is -0.496 e. The number of nitrogens with one attached hydrogen (secondary N) is 1. The van der Waals surface area contributed by atoms with E-state index in [-0.39, 0.29) is 11.9 Å². The predicted molar refractivity (Wildman–Crippen MR) is 78.3 cm³/mol. The maximum atomic E-state index is 12.1. The second kappa shape index (κ2) is 7.11. The molecule has 1 aliphatic carbocycles. The molecular weight excluding hydrogens is 270 g/mol. The van der Waals surface area contributed by atoms with Gasteiger partial charge in [0.05, 0.1) is 7.11 Å². The Labute approximate surface area is 124 Å². The van der Waals surface area contributed by atoms with Gasteiger partial charge in [-0.3, -0.25) is 4.79 Å². The highest BCUT2D eigenvalue weighted by atomic mass is 16.5. The molecule has 1 amide bonds. The fourth-order valence-corrected chi connectivity index (χ4v) is 2.48. The maximum absolute atomic E-state index is 12.1. The fourth-order valence-electron chi connectivity index (χ4n) is 2.48. The van der Waals surface area contributed by atoms with Crippen molar-refractivity contribution in [2.75, 3.05) is 7.11 Å². The highest BCUT2D eigenvalue weighted by molar-refractivity contribution is 5.94. The number of carbonyl (C=O) groups is 2. The van der Waals surface area contributed by atoms with Crippen molar-refractivity contribution in [1.29, 1.82) is 0 Å². The lowest BCUT2D eigenvalue weighted by molar-refractivity contribution is -0.129. The summed E-state index contributed by atoms with van der Waals surface area (Å²) in [5.41, 5.74) is 0.320. The number of rotatable bonds is 5. The summed E-state index contributed by atoms with van der Waals surface area (Å²) in [7, 11) is 1.49. The van der Waals surface area contributed by atoms with Gasteiger partial charge in [0.2, 0.25) is 0 Å². The van der Waals surface area contributed by atoms with Crippen LogP contribution in [0.15, 0.2) is 24.3 Å². The molecule has 0 radical (unpaired) electrons. The number of amides is 1. The van der Waals surface area contributed by atoms with Crippen molar-refractivity contribution >= 4 is 11.9 Å². The zero-order valence-corrected chi connectivity index (χ0v) is 12.4. The fraction of sp³-hybridized carbons (Fsp3) is 0.500. The number of carbonyl (C=O) groups excluding carboxylic acids is 2. The first-order valence-electron chi connectivity index (χ1n) is 7.26. The van der Waals surface area contributed by atoms with Crippen molar-refractivity contribution in [3.05, 3.63) is 29.8 Å². The Bertz CT molecular complexity index is 509. The Kier molecular flexibility index (Phi) is 5.20. The van der Waals surface area contributed by atoms with E-state index in [2.05, 4.69) is 5.32 Å². The first kappa shape index (κ1) is 15.4. The van der Waals surface area contributed by atoms with Crippen LogP contribution in [0.3, 0.4) is 0 Å². The van der Waals surface area contributed by atoms with E-state index in [1.807, 2.05) is 0 Å². The molecule has 0 unspecified atom stereocenters. The van der Waals surface area contributed by atoms with Crippen LogP contribution in [-0.4, -0.2) is 31.1 Å². The van der Waals surface area contributed by atoms with E-state index in [1.54, 1.807) is 31.2 Å². The van der Waals surface area contributed by atoms with E-state index < -0.39 is 12.1 Å². The zero-order valence-electron chi connectivity index (χ0n) is 12.4. The Morgan fingerprint density at radius 3 is 2.57 bits per heavy atom. The second-order valence-corrected chi connectivity index (χ2v) is 5.24. The molecule has 2 rings (SSSR count). The molecule has 1 aromatic carbocycles. The van der Waals surface area contributed by atoms with Gasteiger partial charge in [-0.05, 0) is 31.9 Å². The van der Waals surface area contributed by atoms with Crippen LogP contribution in [0.2, 0.25) is 0 Å². The van der Waals surface area contributed by atoms with Gasteiger partial charge in [0.15, 0.2) is 6.10 Å². The molecule has 114 valence electrons. The van der Waals surface area contributed by atoms with Gasteiger partial charge in [-0.1, -0.05) is 25.0 Å². The molecule has 1 saturated carbocycles. The van der Waals surface area contributed by atoms with Crippen LogP contribution in [0.4, 0.5) is 0 Å². The van der Waals surface area contributed by atoms with Crippen LogP contribution in [-0.2, 0) is 9.53 Å². The molecule has 0 aliphatic heterocycles. The smallest absolute Gasteiger partial charge is 0.342 e. The standard InChI is InChI=1S/C16H21NO4/c1-11(15(18)17-12-7-3-4-8-12)21-16(19)13-9-5-6-10-14(13)20-2/h5-6,9-12H,3-4,7-8H2,1-2H3,(H,17,18)/t11-/m1/s1. The number of hydrogen-bond donors (Lipinski definition) is 1. The third kappa shape index (κ3) is 3.97. The molecule has 1 aliphatic rings. The number of para-hydroxylation sites is 1. The molecule has 1 aromatic rings. The summed E-state index contributed by atoms with van der Waals surface area (Å²) in [4.78, 5) is 24.1. The summed E-state index contributed by atoms with van der Waals surface area (Å²) in [6.45, 7) is 1.58. The lowest BCUT2D eigenvalue weighted by atomic mass is 10.2. The monoisotopic (exact) mass is 291 g/mol. The lowest BCUT2D eigenvalue weighted by Crippen LogP contribution is -2.40. The predicted octanol–water partition coefficient (Wildman–Crippen LogP) is 2.30. The van der Waals surface area contributed by atoms with Crippen molar-refractivity contribution in [3.63, 3.8) is 0 Å². The SMILES string of the molecule is COc1ccccc1C(=O)O[C@H](C)C(=O)NC1CCCC1. The van der Waals surface area contributed by atoms with Crippen molar-refractivity contribution in [2.45, 2.75) is 44.8 Å². The van der Waals surface area contributed by atoms with Gasteiger partial charge in [-0.15, -0.1) is 0 Å². The molecule has 5 nitrogen and oxygen atoms in total. The van der Waals surface area contributed by atoms with Crippen molar-refractivity contribution in [2.24, 2.45) is 0 Å². The van der Waals surface area contributed by atoms with Crippen molar-refractivity contribution < 1.29 is 19.1 Å². The van der Waals surface area contributed by atoms with Crippen molar-refractivity contribution in [3.8, 4) is 5.75 Å². The highest BCUT2D eigenvalue weighted by Gasteiger charge is 2.24. The molecule has 1 N–H and O–H groups in total. The van der Waals surface area contributed by atoms with Gasteiger partial charge in [0, 0.05) is 6.04 Å². The number of hydrogen-bond acceptors (Lipinski definition) is 4. The van der Waals surface area contributed by atoms with Gasteiger partial charge in [-0.25, -0.2) is 4.79 Å². The Hall–Kier alpha value is -2.04. The number of methoxy groups -OCH3 is 1. The quantitative estimate of drug-likeness (QED) is 0.845. The molecule has 21 heavy (non-hydrogen) atoms. The summed E-state index contributed by atoms with van der Waals surface area (Å²) in [5, 5.41) is 2.92. The number of ether oxygens (including phenoxy) is 2. The molecular formula is C16H21NO4. The van der Waals surface area contributed by atoms with Gasteiger partial charge >= 0.3 is 5.97 Å². The molecule has 0 aromatic heterocycles. The lowest BCUT2D eigenvalue weighted by Gasteiger charge is -2.17. The Balaban J connectivity index is 1.93. The summed E-state index contributed by atoms with van der Waals surface area (Å²) in [5.74, 6) is -0.363. The topological polar surface area (TPSA) is 64.6 Å². The van der Waals surface area contributed by atoms with E-state index in [0.717, 1.165) is 25.7 Å². The average Bonchev–Trinajstić information content (AvgIpc) is 2.99. The van der Waals surface area contributed by atoms with Gasteiger partial charge in [0.1, 0.15) is 11.3 Å². The van der Waals surface area contributed by atoms with Gasteiger partial charge < -0.3 is 14.8 Å². The summed E-state index contributed by atoms with van der Waals surface area (Å²) >= 11 is 0. The second-order valence-electron chi connectivity index (χ2n) is 5.24. The summed E-state index contributed by atoms with van der Waals surface area (Å²) < 4.78 is 10.3. The Morgan fingerprint density at radius 1 is 1.24 bits per heavy atom. The van der Waals surface area contributed by atoms with Crippen LogP contribution < -0.4 is 10.1 Å². The largest absolute Gasteiger partial charge is 0.496 e. The van der Waals surface area contributed by atoms with Crippen LogP contribution in [0.5, 0.6) is 5.75 Å². The van der Waals surface area contributed by atoms with E-state index in [0.29, 0.717) is 11.3 Å². The number of esters is 1. The van der Waals surface area contributed by atoms with E-state index >= 15 is 0 Å². The van der Waals surface area contributed by atoms with E-state index in [4.69, 9.17) is 9.47 Å². The first-order valence-corrected chi connectivity index (χ1v) is 7.26. The van der Waals surface area contributed by atoms with Crippen LogP contribution >= 0.6 is 0 Å². The minimum atomic E-state index is -0.817. The van der Waals surface area contributed by atoms with Crippen LogP contribution in [0.1, 0.15) is 43.0 Å². The highest BCUT2D eigenvalue weighted by Crippen LogP contribution is 2.20. The molecule has 0 heterocycles. The average molecular weight is 291 g/mol. The van der Waals surface area contributed by atoms with Crippen molar-refractivity contribution in [1.82, 2.24) is 5.32 Å². The molecule has 5 heteroatoms. The number of benzene rings is 1. The maximum Gasteiger partial charge on any atom is 0.342 e. The molecule has 1 atom stereocenters. The summed E-state index contributed by atoms with van der Waals surface area (Å²) in [6, 6.07) is 7.00. The first-order chi connectivity index (χ1) is 10.1. The van der Waals surface area contributed by atoms with Gasteiger partial charge in [-0.2, -0.15) is 0 Å². The van der Waals surface area contributed by atoms with Gasteiger partial charge in [0.25, 0.3) is 5.91 Å². The third-order valence-electron chi connectivity index (χ3n) is 3.68. The normalized spacial score (nSPS) is 16.3. The van der Waals surface area contributed by atoms with E-state index in [1.165, 1.54) is 7.11 Å². The Morgan fingerprint density at radius 2 is 1.90 bits per heavy atom. The zero-order chi connectivity index (χ0) is 15.2. The van der Waals surface area contributed by atoms with Crippen LogP contribution in [0.25, 0.3) is 0 Å². The molecule has 0 saturated heterocycles. The van der Waals surface area contributed by atoms with Crippen LogP contribution in [0, 0.1) is 0 Å².